The second-order valence-electron chi connectivity index (χ2n) is 4.78. The maximum atomic E-state index is 11.0. The van der Waals surface area contributed by atoms with Gasteiger partial charge in [0.2, 0.25) is 0 Å². The van der Waals surface area contributed by atoms with Crippen LogP contribution in [-0.2, 0) is 0 Å². The van der Waals surface area contributed by atoms with Crippen LogP contribution in [0, 0.1) is 0 Å². The summed E-state index contributed by atoms with van der Waals surface area (Å²) in [6.07, 6.45) is 4.86. The number of nitrogens with zero attached hydrogens (tertiary/aromatic N) is 2. The molecule has 2 atom stereocenters. The lowest BCUT2D eigenvalue weighted by Gasteiger charge is -2.35. The Labute approximate surface area is 87.9 Å². The van der Waals surface area contributed by atoms with Crippen LogP contribution in [0.3, 0.4) is 0 Å². The standard InChI is InChI=1S/C10H16N4O/c1-14-7-2-3-8(14)5-6(4-7)9-11-10(15)13-12-9/h6-8H,2-5H2,1H3,(H2,11,12,13,15). The molecule has 1 aromatic heterocycles. The van der Waals surface area contributed by atoms with Crippen molar-refractivity contribution in [3.8, 4) is 0 Å². The van der Waals surface area contributed by atoms with Crippen LogP contribution in [0.1, 0.15) is 37.4 Å². The Morgan fingerprint density at radius 2 is 2.00 bits per heavy atom. The lowest BCUT2D eigenvalue weighted by atomic mass is 9.90. The van der Waals surface area contributed by atoms with Crippen LogP contribution in [-0.4, -0.2) is 39.2 Å². The summed E-state index contributed by atoms with van der Waals surface area (Å²) in [6, 6.07) is 1.38. The third-order valence-electron chi connectivity index (χ3n) is 4.00. The highest BCUT2D eigenvalue weighted by Crippen LogP contribution is 2.40. The third kappa shape index (κ3) is 1.42. The van der Waals surface area contributed by atoms with Crippen LogP contribution in [0.4, 0.5) is 0 Å². The van der Waals surface area contributed by atoms with Crippen molar-refractivity contribution in [3.05, 3.63) is 16.3 Å². The van der Waals surface area contributed by atoms with Gasteiger partial charge in [-0.2, -0.15) is 5.10 Å². The van der Waals surface area contributed by atoms with Gasteiger partial charge in [-0.25, -0.2) is 9.89 Å². The zero-order valence-corrected chi connectivity index (χ0v) is 8.86. The molecule has 2 aliphatic heterocycles. The Morgan fingerprint density at radius 1 is 1.33 bits per heavy atom. The molecule has 0 aliphatic carbocycles. The summed E-state index contributed by atoms with van der Waals surface area (Å²) in [5.74, 6) is 1.29. The summed E-state index contributed by atoms with van der Waals surface area (Å²) >= 11 is 0. The van der Waals surface area contributed by atoms with Crippen LogP contribution in [0.2, 0.25) is 0 Å². The zero-order chi connectivity index (χ0) is 10.4. The van der Waals surface area contributed by atoms with Crippen LogP contribution in [0.25, 0.3) is 0 Å². The number of aromatic nitrogens is 3. The smallest absolute Gasteiger partial charge is 0.300 e. The Bertz CT molecular complexity index is 396. The van der Waals surface area contributed by atoms with Crippen LogP contribution >= 0.6 is 0 Å². The number of hydrogen-bond donors (Lipinski definition) is 2. The van der Waals surface area contributed by atoms with Gasteiger partial charge >= 0.3 is 5.69 Å². The minimum Gasteiger partial charge on any atom is -0.300 e. The molecule has 2 bridgehead atoms. The second kappa shape index (κ2) is 3.20. The number of rotatable bonds is 1. The summed E-state index contributed by atoms with van der Waals surface area (Å²) in [5.41, 5.74) is -0.184. The maximum absolute atomic E-state index is 11.0. The van der Waals surface area contributed by atoms with E-state index in [0.29, 0.717) is 18.0 Å². The number of aromatic amines is 2. The van der Waals surface area contributed by atoms with Crippen molar-refractivity contribution < 1.29 is 0 Å². The molecule has 0 spiro atoms. The van der Waals surface area contributed by atoms with E-state index in [-0.39, 0.29) is 5.69 Å². The molecule has 15 heavy (non-hydrogen) atoms. The molecule has 5 nitrogen and oxygen atoms in total. The Balaban J connectivity index is 1.83. The molecule has 2 aliphatic rings. The number of nitrogens with one attached hydrogen (secondary N) is 2. The van der Waals surface area contributed by atoms with E-state index in [1.807, 2.05) is 0 Å². The Kier molecular flexibility index (Phi) is 1.95. The first kappa shape index (κ1) is 9.15. The molecule has 2 unspecified atom stereocenters. The minimum atomic E-state index is -0.184. The molecule has 0 saturated carbocycles. The molecule has 3 rings (SSSR count). The highest BCUT2D eigenvalue weighted by molar-refractivity contribution is 5.04. The average molecular weight is 208 g/mol. The summed E-state index contributed by atoms with van der Waals surface area (Å²) in [5, 5.41) is 6.50. The SMILES string of the molecule is CN1C2CCC1CC(c1n[nH]c(=O)[nH]1)C2. The Hall–Kier alpha value is -1.10. The van der Waals surface area contributed by atoms with Crippen molar-refractivity contribution in [1.82, 2.24) is 20.1 Å². The first-order chi connectivity index (χ1) is 7.24. The van der Waals surface area contributed by atoms with Crippen LogP contribution < -0.4 is 5.69 Å². The van der Waals surface area contributed by atoms with Gasteiger partial charge in [0.15, 0.2) is 0 Å². The van der Waals surface area contributed by atoms with Gasteiger partial charge in [-0.3, -0.25) is 4.98 Å². The van der Waals surface area contributed by atoms with Gasteiger partial charge in [0, 0.05) is 18.0 Å². The fourth-order valence-electron chi connectivity index (χ4n) is 3.11. The molecule has 82 valence electrons. The molecule has 5 heteroatoms. The molecular weight excluding hydrogens is 192 g/mol. The monoisotopic (exact) mass is 208 g/mol. The zero-order valence-electron chi connectivity index (χ0n) is 8.86. The molecule has 0 radical (unpaired) electrons. The van der Waals surface area contributed by atoms with E-state index >= 15 is 0 Å². The fraction of sp³-hybridized carbons (Fsp3) is 0.800. The quantitative estimate of drug-likeness (QED) is 0.703. The third-order valence-corrected chi connectivity index (χ3v) is 4.00. The molecular formula is C10H16N4O. The predicted molar refractivity (Wildman–Crippen MR) is 55.8 cm³/mol. The van der Waals surface area contributed by atoms with Gasteiger partial charge < -0.3 is 4.90 Å². The van der Waals surface area contributed by atoms with Crippen molar-refractivity contribution in [2.24, 2.45) is 0 Å². The van der Waals surface area contributed by atoms with Gasteiger partial charge in [-0.15, -0.1) is 0 Å². The van der Waals surface area contributed by atoms with Gasteiger partial charge in [0.1, 0.15) is 5.82 Å². The number of H-pyrrole nitrogens is 2. The van der Waals surface area contributed by atoms with E-state index in [9.17, 15) is 4.79 Å². The maximum Gasteiger partial charge on any atom is 0.340 e. The Morgan fingerprint density at radius 3 is 2.53 bits per heavy atom. The average Bonchev–Trinajstić information content (AvgIpc) is 2.70. The van der Waals surface area contributed by atoms with Crippen LogP contribution in [0.15, 0.2) is 4.79 Å². The first-order valence-electron chi connectivity index (χ1n) is 5.60. The molecule has 0 amide bonds. The van der Waals surface area contributed by atoms with Gasteiger partial charge in [-0.05, 0) is 32.7 Å². The van der Waals surface area contributed by atoms with E-state index in [4.69, 9.17) is 0 Å². The summed E-state index contributed by atoms with van der Waals surface area (Å²) in [7, 11) is 2.21. The molecule has 2 fully saturated rings. The van der Waals surface area contributed by atoms with Crippen molar-refractivity contribution in [3.63, 3.8) is 0 Å². The van der Waals surface area contributed by atoms with E-state index < -0.39 is 0 Å². The highest BCUT2D eigenvalue weighted by atomic mass is 16.1. The largest absolute Gasteiger partial charge is 0.340 e. The highest BCUT2D eigenvalue weighted by Gasteiger charge is 2.39. The summed E-state index contributed by atoms with van der Waals surface area (Å²) in [4.78, 5) is 16.3. The van der Waals surface area contributed by atoms with E-state index in [1.54, 1.807) is 0 Å². The minimum absolute atomic E-state index is 0.184. The van der Waals surface area contributed by atoms with Crippen LogP contribution in [0.5, 0.6) is 0 Å². The lowest BCUT2D eigenvalue weighted by molar-refractivity contribution is 0.159. The van der Waals surface area contributed by atoms with Crippen molar-refractivity contribution in [1.29, 1.82) is 0 Å². The summed E-state index contributed by atoms with van der Waals surface area (Å²) < 4.78 is 0. The van der Waals surface area contributed by atoms with Gasteiger partial charge in [0.25, 0.3) is 0 Å². The van der Waals surface area contributed by atoms with E-state index in [0.717, 1.165) is 18.7 Å². The summed E-state index contributed by atoms with van der Waals surface area (Å²) in [6.45, 7) is 0. The topological polar surface area (TPSA) is 64.8 Å². The van der Waals surface area contributed by atoms with Gasteiger partial charge in [-0.1, -0.05) is 0 Å². The fourth-order valence-corrected chi connectivity index (χ4v) is 3.11. The van der Waals surface area contributed by atoms with Crippen molar-refractivity contribution >= 4 is 0 Å². The molecule has 0 aromatic carbocycles. The molecule has 2 N–H and O–H groups in total. The molecule has 3 heterocycles. The van der Waals surface area contributed by atoms with Crippen molar-refractivity contribution in [2.45, 2.75) is 43.7 Å². The number of fused-ring (bicyclic) bond motifs is 2. The first-order valence-corrected chi connectivity index (χ1v) is 5.60. The molecule has 2 saturated heterocycles. The predicted octanol–water partition coefficient (Wildman–Crippen LogP) is 0.438. The number of piperidine rings is 1. The van der Waals surface area contributed by atoms with E-state index in [2.05, 4.69) is 27.1 Å². The molecule has 1 aromatic rings. The van der Waals surface area contributed by atoms with Crippen molar-refractivity contribution in [2.75, 3.05) is 7.05 Å². The lowest BCUT2D eigenvalue weighted by Crippen LogP contribution is -2.39. The number of hydrogen-bond acceptors (Lipinski definition) is 3. The second-order valence-corrected chi connectivity index (χ2v) is 4.78. The van der Waals surface area contributed by atoms with E-state index in [1.165, 1.54) is 12.8 Å². The normalized spacial score (nSPS) is 35.9. The van der Waals surface area contributed by atoms with Gasteiger partial charge in [0.05, 0.1) is 0 Å².